The van der Waals surface area contributed by atoms with Crippen LogP contribution in [-0.2, 0) is 0 Å². The highest BCUT2D eigenvalue weighted by molar-refractivity contribution is 9.10. The van der Waals surface area contributed by atoms with Crippen LogP contribution in [0.25, 0.3) is 0 Å². The van der Waals surface area contributed by atoms with Crippen molar-refractivity contribution >= 4 is 27.5 Å². The highest BCUT2D eigenvalue weighted by Gasteiger charge is 2.11. The van der Waals surface area contributed by atoms with E-state index in [2.05, 4.69) is 41.9 Å². The van der Waals surface area contributed by atoms with Crippen molar-refractivity contribution in [2.45, 2.75) is 19.8 Å². The molecule has 23 heavy (non-hydrogen) atoms. The van der Waals surface area contributed by atoms with Gasteiger partial charge in [0.05, 0.1) is 10.0 Å². The Kier molecular flexibility index (Phi) is 6.32. The molecule has 0 unspecified atom stereocenters. The molecule has 2 aromatic rings. The maximum atomic E-state index is 9.16. The first-order valence-corrected chi connectivity index (χ1v) is 8.43. The van der Waals surface area contributed by atoms with E-state index >= 15 is 0 Å². The largest absolute Gasteiger partial charge is 0.490 e. The molecule has 0 amide bonds. The van der Waals surface area contributed by atoms with E-state index in [9.17, 15) is 0 Å². The first-order valence-electron chi connectivity index (χ1n) is 7.26. The Hall–Kier alpha value is -1.70. The molecule has 120 valence electrons. The van der Waals surface area contributed by atoms with Gasteiger partial charge in [0.1, 0.15) is 25.0 Å². The lowest BCUT2D eigenvalue weighted by Crippen LogP contribution is -2.11. The number of ether oxygens (including phenoxy) is 2. The Morgan fingerprint density at radius 1 is 1.17 bits per heavy atom. The Bertz CT molecular complexity index is 725. The lowest BCUT2D eigenvalue weighted by atomic mass is 10.0. The molecule has 0 spiro atoms. The number of hydrogen-bond acceptors (Lipinski definition) is 3. The number of halogens is 2. The van der Waals surface area contributed by atoms with E-state index in [1.165, 1.54) is 0 Å². The van der Waals surface area contributed by atoms with Crippen molar-refractivity contribution in [3.05, 3.63) is 57.0 Å². The predicted octanol–water partition coefficient (Wildman–Crippen LogP) is 5.56. The fourth-order valence-electron chi connectivity index (χ4n) is 2.17. The third-order valence-electron chi connectivity index (χ3n) is 3.26. The summed E-state index contributed by atoms with van der Waals surface area (Å²) in [6, 6.07) is 13.3. The minimum atomic E-state index is 0.335. The van der Waals surface area contributed by atoms with Crippen molar-refractivity contribution < 1.29 is 9.47 Å². The zero-order valence-corrected chi connectivity index (χ0v) is 15.3. The number of rotatable bonds is 6. The maximum Gasteiger partial charge on any atom is 0.151 e. The summed E-state index contributed by atoms with van der Waals surface area (Å²) < 4.78 is 12.1. The summed E-state index contributed by atoms with van der Waals surface area (Å²) in [5.41, 5.74) is 1.56. The van der Waals surface area contributed by atoms with Crippen LogP contribution in [0.4, 0.5) is 0 Å². The van der Waals surface area contributed by atoms with Crippen molar-refractivity contribution in [1.29, 1.82) is 5.26 Å². The first-order chi connectivity index (χ1) is 11.0. The second kappa shape index (κ2) is 8.24. The van der Waals surface area contributed by atoms with E-state index in [4.69, 9.17) is 26.3 Å². The summed E-state index contributed by atoms with van der Waals surface area (Å²) in [6.45, 7) is 4.98. The van der Waals surface area contributed by atoms with E-state index in [-0.39, 0.29) is 0 Å². The predicted molar refractivity (Wildman–Crippen MR) is 95.4 cm³/mol. The molecule has 5 heteroatoms. The van der Waals surface area contributed by atoms with Gasteiger partial charge < -0.3 is 9.47 Å². The molecular formula is C18H17BrClNO2. The summed E-state index contributed by atoms with van der Waals surface area (Å²) in [7, 11) is 0. The topological polar surface area (TPSA) is 42.2 Å². The third-order valence-corrected chi connectivity index (χ3v) is 4.06. The van der Waals surface area contributed by atoms with Gasteiger partial charge in [-0.2, -0.15) is 5.26 Å². The number of nitriles is 1. The van der Waals surface area contributed by atoms with Gasteiger partial charge in [-0.15, -0.1) is 0 Å². The van der Waals surface area contributed by atoms with Crippen LogP contribution in [0.1, 0.15) is 30.9 Å². The molecule has 0 aromatic heterocycles. The number of para-hydroxylation sites is 1. The monoisotopic (exact) mass is 393 g/mol. The number of nitrogens with zero attached hydrogens (tertiary/aromatic N) is 1. The SMILES string of the molecule is CC(C)c1ccccc1OCCOc1c(Br)cc(Cl)cc1C#N. The van der Waals surface area contributed by atoms with Gasteiger partial charge in [0.25, 0.3) is 0 Å². The quantitative estimate of drug-likeness (QED) is 0.603. The Morgan fingerprint density at radius 2 is 1.87 bits per heavy atom. The van der Waals surface area contributed by atoms with E-state index in [1.807, 2.05) is 18.2 Å². The summed E-state index contributed by atoms with van der Waals surface area (Å²) in [6.07, 6.45) is 0. The molecule has 0 atom stereocenters. The van der Waals surface area contributed by atoms with E-state index in [0.717, 1.165) is 11.3 Å². The first kappa shape index (κ1) is 17.7. The van der Waals surface area contributed by atoms with Crippen LogP contribution >= 0.6 is 27.5 Å². The van der Waals surface area contributed by atoms with Crippen LogP contribution in [0.5, 0.6) is 11.5 Å². The molecule has 0 N–H and O–H groups in total. The minimum Gasteiger partial charge on any atom is -0.490 e. The second-order valence-electron chi connectivity index (χ2n) is 5.27. The lowest BCUT2D eigenvalue weighted by Gasteiger charge is -2.15. The molecule has 0 saturated carbocycles. The van der Waals surface area contributed by atoms with E-state index in [1.54, 1.807) is 12.1 Å². The molecule has 0 aliphatic rings. The number of benzene rings is 2. The molecule has 2 aromatic carbocycles. The van der Waals surface area contributed by atoms with Crippen LogP contribution in [0.15, 0.2) is 40.9 Å². The fraction of sp³-hybridized carbons (Fsp3) is 0.278. The van der Waals surface area contributed by atoms with Gasteiger partial charge in [0.2, 0.25) is 0 Å². The minimum absolute atomic E-state index is 0.335. The smallest absolute Gasteiger partial charge is 0.151 e. The summed E-state index contributed by atoms with van der Waals surface area (Å²) in [5.74, 6) is 1.74. The van der Waals surface area contributed by atoms with Crippen molar-refractivity contribution in [2.24, 2.45) is 0 Å². The van der Waals surface area contributed by atoms with Gasteiger partial charge in [-0.1, -0.05) is 43.6 Å². The second-order valence-corrected chi connectivity index (χ2v) is 6.56. The third kappa shape index (κ3) is 4.63. The Morgan fingerprint density at radius 3 is 2.57 bits per heavy atom. The lowest BCUT2D eigenvalue weighted by molar-refractivity contribution is 0.214. The molecule has 0 heterocycles. The van der Waals surface area contributed by atoms with Crippen LogP contribution in [0, 0.1) is 11.3 Å². The highest BCUT2D eigenvalue weighted by Crippen LogP contribution is 2.32. The normalized spacial score (nSPS) is 10.4. The molecule has 2 rings (SSSR count). The zero-order valence-electron chi connectivity index (χ0n) is 13.0. The van der Waals surface area contributed by atoms with Crippen molar-refractivity contribution in [2.75, 3.05) is 13.2 Å². The van der Waals surface area contributed by atoms with Gasteiger partial charge >= 0.3 is 0 Å². The average Bonchev–Trinajstić information content (AvgIpc) is 2.52. The standard InChI is InChI=1S/C18H17BrClNO2/c1-12(2)15-5-3-4-6-17(15)22-7-8-23-18-13(11-21)9-14(20)10-16(18)19/h3-6,9-10,12H,7-8H2,1-2H3. The van der Waals surface area contributed by atoms with Crippen molar-refractivity contribution in [3.8, 4) is 17.6 Å². The van der Waals surface area contributed by atoms with E-state index < -0.39 is 0 Å². The van der Waals surface area contributed by atoms with Crippen LogP contribution < -0.4 is 9.47 Å². The fourth-order valence-corrected chi connectivity index (χ4v) is 3.10. The van der Waals surface area contributed by atoms with Crippen LogP contribution in [0.3, 0.4) is 0 Å². The van der Waals surface area contributed by atoms with Crippen LogP contribution in [0.2, 0.25) is 5.02 Å². The van der Waals surface area contributed by atoms with Gasteiger partial charge in [-0.25, -0.2) is 0 Å². The van der Waals surface area contributed by atoms with E-state index in [0.29, 0.717) is 39.9 Å². The van der Waals surface area contributed by atoms with Gasteiger partial charge in [0, 0.05) is 5.02 Å². The summed E-state index contributed by atoms with van der Waals surface area (Å²) >= 11 is 9.29. The molecule has 0 bridgehead atoms. The molecule has 0 aliphatic heterocycles. The summed E-state index contributed by atoms with van der Waals surface area (Å²) in [5, 5.41) is 9.65. The molecule has 0 fully saturated rings. The molecule has 3 nitrogen and oxygen atoms in total. The van der Waals surface area contributed by atoms with Crippen molar-refractivity contribution in [3.63, 3.8) is 0 Å². The summed E-state index contributed by atoms with van der Waals surface area (Å²) in [4.78, 5) is 0. The number of hydrogen-bond donors (Lipinski definition) is 0. The van der Waals surface area contributed by atoms with Gasteiger partial charge in [-0.05, 0) is 45.6 Å². The molecule has 0 saturated heterocycles. The Balaban J connectivity index is 1.98. The van der Waals surface area contributed by atoms with Gasteiger partial charge in [-0.3, -0.25) is 0 Å². The zero-order chi connectivity index (χ0) is 16.8. The van der Waals surface area contributed by atoms with Crippen LogP contribution in [-0.4, -0.2) is 13.2 Å². The maximum absolute atomic E-state index is 9.16. The molecule has 0 radical (unpaired) electrons. The highest BCUT2D eigenvalue weighted by atomic mass is 79.9. The van der Waals surface area contributed by atoms with Crippen molar-refractivity contribution in [1.82, 2.24) is 0 Å². The Labute approximate surface area is 149 Å². The average molecular weight is 395 g/mol. The van der Waals surface area contributed by atoms with Gasteiger partial charge in [0.15, 0.2) is 5.75 Å². The molecule has 0 aliphatic carbocycles. The molecular weight excluding hydrogens is 378 g/mol.